The van der Waals surface area contributed by atoms with Crippen LogP contribution in [0, 0.1) is 5.92 Å². The van der Waals surface area contributed by atoms with Crippen LogP contribution in [0.15, 0.2) is 0 Å². The van der Waals surface area contributed by atoms with Crippen molar-refractivity contribution in [3.8, 4) is 0 Å². The number of phosphoric acid groups is 2. The molecule has 17 nitrogen and oxygen atoms in total. The van der Waals surface area contributed by atoms with Gasteiger partial charge < -0.3 is 33.8 Å². The van der Waals surface area contributed by atoms with Gasteiger partial charge in [0.25, 0.3) is 0 Å². The Morgan fingerprint density at radius 3 is 0.708 bits per heavy atom. The Hall–Kier alpha value is -1.94. The van der Waals surface area contributed by atoms with Crippen molar-refractivity contribution in [1.29, 1.82) is 0 Å². The van der Waals surface area contributed by atoms with Crippen LogP contribution in [0.5, 0.6) is 0 Å². The molecule has 0 rings (SSSR count). The third-order valence-electron chi connectivity index (χ3n) is 18.0. The van der Waals surface area contributed by atoms with E-state index in [4.69, 9.17) is 37.0 Å². The quantitative estimate of drug-likeness (QED) is 0.0222. The fraction of sp³-hybridized carbons (Fsp3) is 0.948. The van der Waals surface area contributed by atoms with Gasteiger partial charge in [0.2, 0.25) is 0 Å². The number of carbonyl (C=O) groups excluding carboxylic acids is 4. The molecule has 5 atom stereocenters. The van der Waals surface area contributed by atoms with E-state index in [-0.39, 0.29) is 25.7 Å². The molecular formula is C77H150O17P2. The van der Waals surface area contributed by atoms with Gasteiger partial charge >= 0.3 is 39.5 Å². The fourth-order valence-corrected chi connectivity index (χ4v) is 13.5. The molecule has 0 aromatic heterocycles. The van der Waals surface area contributed by atoms with Crippen LogP contribution in [0.3, 0.4) is 0 Å². The maximum Gasteiger partial charge on any atom is 0.472 e. The molecule has 0 fully saturated rings. The highest BCUT2D eigenvalue weighted by atomic mass is 31.2. The number of unbranched alkanes of at least 4 members (excludes halogenated alkanes) is 49. The number of phosphoric ester groups is 2. The Bertz CT molecular complexity index is 1840. The summed E-state index contributed by atoms with van der Waals surface area (Å²) in [6.07, 6.45) is 59.6. The number of rotatable bonds is 77. The second kappa shape index (κ2) is 70.1. The standard InChI is InChI=1S/C77H150O17P2/c1-6-9-12-15-18-21-23-25-27-28-29-34-37-41-46-51-56-61-75(80)88-67-73(94-77(82)63-58-53-48-43-39-35-31-30-32-36-40-44-49-54-59-70(4)5)69-92-96(85,86)90-65-71(78)64-89-95(83,84)91-68-72(66-87-74(79)60-55-50-45-20-17-14-11-8-3)93-76(81)62-57-52-47-42-38-33-26-24-22-19-16-13-10-7-2/h70-73,78H,6-69H2,1-5H3,(H,83,84)(H,85,86)/t71-,72+,73+/m0/s1. The van der Waals surface area contributed by atoms with E-state index in [1.807, 2.05) is 0 Å². The largest absolute Gasteiger partial charge is 0.472 e. The van der Waals surface area contributed by atoms with Crippen LogP contribution in [-0.2, 0) is 65.4 Å². The van der Waals surface area contributed by atoms with E-state index in [1.54, 1.807) is 0 Å². The lowest BCUT2D eigenvalue weighted by molar-refractivity contribution is -0.161. The van der Waals surface area contributed by atoms with Crippen molar-refractivity contribution in [2.45, 2.75) is 425 Å². The Morgan fingerprint density at radius 2 is 0.479 bits per heavy atom. The summed E-state index contributed by atoms with van der Waals surface area (Å²) in [4.78, 5) is 72.8. The topological polar surface area (TPSA) is 237 Å². The molecule has 0 aromatic rings. The van der Waals surface area contributed by atoms with Crippen LogP contribution < -0.4 is 0 Å². The summed E-state index contributed by atoms with van der Waals surface area (Å²) in [6.45, 7) is 7.31. The number of hydrogen-bond donors (Lipinski definition) is 3. The van der Waals surface area contributed by atoms with Gasteiger partial charge in [-0.1, -0.05) is 356 Å². The van der Waals surface area contributed by atoms with E-state index in [0.29, 0.717) is 25.7 Å². The summed E-state index contributed by atoms with van der Waals surface area (Å²) in [6, 6.07) is 0. The van der Waals surface area contributed by atoms with Gasteiger partial charge in [0, 0.05) is 25.7 Å². The zero-order valence-electron chi connectivity index (χ0n) is 62.5. The molecule has 2 unspecified atom stereocenters. The van der Waals surface area contributed by atoms with Crippen molar-refractivity contribution in [2.24, 2.45) is 5.92 Å². The first-order chi connectivity index (χ1) is 46.5. The first-order valence-corrected chi connectivity index (χ1v) is 43.1. The Labute approximate surface area is 588 Å². The lowest BCUT2D eigenvalue weighted by Crippen LogP contribution is -2.30. The van der Waals surface area contributed by atoms with Gasteiger partial charge in [-0.25, -0.2) is 9.13 Å². The van der Waals surface area contributed by atoms with E-state index < -0.39 is 97.5 Å². The van der Waals surface area contributed by atoms with Gasteiger partial charge in [0.05, 0.1) is 26.4 Å². The van der Waals surface area contributed by atoms with Gasteiger partial charge in [-0.05, 0) is 31.6 Å². The Kier molecular flexibility index (Phi) is 68.7. The monoisotopic (exact) mass is 1410 g/mol. The average molecular weight is 1410 g/mol. The van der Waals surface area contributed by atoms with Crippen LogP contribution in [0.2, 0.25) is 0 Å². The molecule has 570 valence electrons. The summed E-state index contributed by atoms with van der Waals surface area (Å²) in [5.74, 6) is -1.32. The van der Waals surface area contributed by atoms with Gasteiger partial charge in [-0.15, -0.1) is 0 Å². The van der Waals surface area contributed by atoms with Crippen molar-refractivity contribution in [2.75, 3.05) is 39.6 Å². The number of carbonyl (C=O) groups is 4. The van der Waals surface area contributed by atoms with Crippen molar-refractivity contribution in [3.05, 3.63) is 0 Å². The normalized spacial score (nSPS) is 13.9. The Morgan fingerprint density at radius 1 is 0.281 bits per heavy atom. The van der Waals surface area contributed by atoms with E-state index in [9.17, 15) is 43.2 Å². The van der Waals surface area contributed by atoms with Crippen LogP contribution in [0.1, 0.15) is 407 Å². The lowest BCUT2D eigenvalue weighted by Gasteiger charge is -2.21. The molecule has 3 N–H and O–H groups in total. The average Bonchev–Trinajstić information content (AvgIpc) is 1.24. The molecule has 19 heteroatoms. The predicted octanol–water partition coefficient (Wildman–Crippen LogP) is 22.9. The third-order valence-corrected chi connectivity index (χ3v) is 19.9. The summed E-state index contributed by atoms with van der Waals surface area (Å²) in [5, 5.41) is 10.6. The van der Waals surface area contributed by atoms with Gasteiger partial charge in [0.1, 0.15) is 19.3 Å². The zero-order chi connectivity index (χ0) is 70.5. The molecule has 0 aliphatic rings. The van der Waals surface area contributed by atoms with E-state index >= 15 is 0 Å². The highest BCUT2D eigenvalue weighted by Gasteiger charge is 2.30. The molecule has 0 amide bonds. The predicted molar refractivity (Wildman–Crippen MR) is 391 cm³/mol. The molecular weight excluding hydrogens is 1260 g/mol. The minimum Gasteiger partial charge on any atom is -0.462 e. The Balaban J connectivity index is 5.21. The third kappa shape index (κ3) is 70.5. The van der Waals surface area contributed by atoms with E-state index in [0.717, 1.165) is 102 Å². The second-order valence-corrected chi connectivity index (χ2v) is 31.1. The summed E-state index contributed by atoms with van der Waals surface area (Å²) >= 11 is 0. The summed E-state index contributed by atoms with van der Waals surface area (Å²) < 4.78 is 68.5. The maximum absolute atomic E-state index is 13.1. The van der Waals surface area contributed by atoms with Crippen molar-refractivity contribution < 1.29 is 80.2 Å². The van der Waals surface area contributed by atoms with Crippen LogP contribution in [0.4, 0.5) is 0 Å². The summed E-state index contributed by atoms with van der Waals surface area (Å²) in [5.41, 5.74) is 0. The highest BCUT2D eigenvalue weighted by molar-refractivity contribution is 7.47. The van der Waals surface area contributed by atoms with Crippen molar-refractivity contribution in [1.82, 2.24) is 0 Å². The molecule has 0 saturated carbocycles. The number of esters is 4. The van der Waals surface area contributed by atoms with E-state index in [1.165, 1.54) is 225 Å². The minimum absolute atomic E-state index is 0.108. The van der Waals surface area contributed by atoms with Crippen LogP contribution >= 0.6 is 15.6 Å². The zero-order valence-corrected chi connectivity index (χ0v) is 64.3. The maximum atomic E-state index is 13.1. The minimum atomic E-state index is -4.96. The number of hydrogen-bond acceptors (Lipinski definition) is 15. The molecule has 0 spiro atoms. The second-order valence-electron chi connectivity index (χ2n) is 28.2. The van der Waals surface area contributed by atoms with Gasteiger partial charge in [0.15, 0.2) is 12.2 Å². The molecule has 0 aliphatic heterocycles. The van der Waals surface area contributed by atoms with E-state index in [2.05, 4.69) is 34.6 Å². The van der Waals surface area contributed by atoms with Crippen molar-refractivity contribution >= 4 is 39.5 Å². The molecule has 0 aliphatic carbocycles. The molecule has 96 heavy (non-hydrogen) atoms. The molecule has 0 bridgehead atoms. The number of ether oxygens (including phenoxy) is 4. The van der Waals surface area contributed by atoms with Gasteiger partial charge in [-0.2, -0.15) is 0 Å². The molecule has 0 radical (unpaired) electrons. The highest BCUT2D eigenvalue weighted by Crippen LogP contribution is 2.45. The molecule has 0 heterocycles. The first-order valence-electron chi connectivity index (χ1n) is 40.1. The van der Waals surface area contributed by atoms with Crippen LogP contribution in [-0.4, -0.2) is 96.7 Å². The lowest BCUT2D eigenvalue weighted by atomic mass is 10.0. The molecule has 0 aromatic carbocycles. The summed E-state index contributed by atoms with van der Waals surface area (Å²) in [7, 11) is -9.91. The van der Waals surface area contributed by atoms with Crippen LogP contribution in [0.25, 0.3) is 0 Å². The SMILES string of the molecule is CCCCCCCCCCCCCCCCCCCC(=O)OC[C@H](COP(=O)(O)OC[C@@H](O)COP(=O)(O)OC[C@@H](COC(=O)CCCCCCCCCC)OC(=O)CCCCCCCCCCCCCCCC)OC(=O)CCCCCCCCCCCCCCCCC(C)C. The van der Waals surface area contributed by atoms with Gasteiger partial charge in [-0.3, -0.25) is 37.3 Å². The number of aliphatic hydroxyl groups is 1. The first kappa shape index (κ1) is 94.1. The molecule has 0 saturated heterocycles. The smallest absolute Gasteiger partial charge is 0.462 e. The number of aliphatic hydroxyl groups excluding tert-OH is 1. The fourth-order valence-electron chi connectivity index (χ4n) is 11.9. The van der Waals surface area contributed by atoms with Crippen molar-refractivity contribution in [3.63, 3.8) is 0 Å².